The van der Waals surface area contributed by atoms with Crippen molar-refractivity contribution in [3.8, 4) is 22.5 Å². The van der Waals surface area contributed by atoms with Crippen LogP contribution < -0.4 is 21.3 Å². The Kier molecular flexibility index (Phi) is 14.6. The highest BCUT2D eigenvalue weighted by Crippen LogP contribution is 2.31. The molecule has 2 heterocycles. The van der Waals surface area contributed by atoms with Crippen molar-refractivity contribution in [2.45, 2.75) is 104 Å². The molecule has 2 aliphatic rings. The van der Waals surface area contributed by atoms with Crippen LogP contribution in [0, 0.1) is 17.8 Å². The minimum absolute atomic E-state index is 0.0992. The van der Waals surface area contributed by atoms with Gasteiger partial charge in [-0.15, -0.1) is 10.2 Å². The minimum Gasteiger partial charge on any atom is -0.444 e. The van der Waals surface area contributed by atoms with Gasteiger partial charge in [0, 0.05) is 60.4 Å². The first-order valence-electron chi connectivity index (χ1n) is 21.4. The number of carbonyl (C=O) groups is 5. The van der Waals surface area contributed by atoms with Gasteiger partial charge in [0.05, 0.1) is 0 Å². The normalized spacial score (nSPS) is 17.6. The molecule has 62 heavy (non-hydrogen) atoms. The number of para-hydroxylation sites is 1. The maximum atomic E-state index is 13.9. The van der Waals surface area contributed by atoms with Crippen molar-refractivity contribution >= 4 is 41.3 Å². The number of anilines is 2. The van der Waals surface area contributed by atoms with Gasteiger partial charge in [-0.1, -0.05) is 42.5 Å². The first-order chi connectivity index (χ1) is 29.5. The van der Waals surface area contributed by atoms with Crippen molar-refractivity contribution in [2.75, 3.05) is 30.3 Å². The van der Waals surface area contributed by atoms with Crippen LogP contribution in [0.5, 0.6) is 0 Å². The molecule has 1 saturated heterocycles. The van der Waals surface area contributed by atoms with Crippen LogP contribution in [0.2, 0.25) is 0 Å². The summed E-state index contributed by atoms with van der Waals surface area (Å²) in [5, 5.41) is 26.0. The van der Waals surface area contributed by atoms with E-state index in [1.165, 1.54) is 0 Å². The standard InChI is InChI=1S/C46H59N9O7/c1-45(2,3)61-43(59)47-28-30-13-17-33(18-14-30)40(56)50-38(42(58)48-35-21-19-32(20-22-35)39-51-53-54-52-39)27-29-11-15-31(16-12-29)36-9-7-8-10-37(36)49-41(57)34-23-25-55(26-24-34)44(60)62-46(4,5)6/h7-12,15-16,19-22,30,33-34,38H,13-14,17-18,23-28H2,1-6H3,(H,47,59)(H,48,58)(H,49,57)(H,50,56)(H,51,52,53,54). The van der Waals surface area contributed by atoms with Crippen molar-refractivity contribution in [3.63, 3.8) is 0 Å². The van der Waals surface area contributed by atoms with E-state index < -0.39 is 23.3 Å². The second kappa shape index (κ2) is 20.0. The molecule has 2 fully saturated rings. The number of carbonyl (C=O) groups excluding carboxylic acids is 5. The van der Waals surface area contributed by atoms with Gasteiger partial charge in [0.2, 0.25) is 23.5 Å². The Morgan fingerprint density at radius 3 is 2.00 bits per heavy atom. The van der Waals surface area contributed by atoms with Crippen LogP contribution in [0.4, 0.5) is 21.0 Å². The van der Waals surface area contributed by atoms with E-state index in [0.717, 1.165) is 35.1 Å². The van der Waals surface area contributed by atoms with Crippen molar-refractivity contribution in [1.82, 2.24) is 36.2 Å². The molecule has 0 spiro atoms. The second-order valence-corrected chi connectivity index (χ2v) is 18.1. The first kappa shape index (κ1) is 45.2. The Morgan fingerprint density at radius 2 is 1.37 bits per heavy atom. The SMILES string of the molecule is CC(C)(C)OC(=O)NCC1CCC(C(=O)NC(Cc2ccc(-c3ccccc3NC(=O)C3CCN(C(=O)OC(C)(C)C)CC3)cc2)C(=O)Nc2ccc(-c3nn[nH]n3)cc2)CC1. The lowest BCUT2D eigenvalue weighted by Crippen LogP contribution is -2.48. The third-order valence-electron chi connectivity index (χ3n) is 10.9. The zero-order valence-electron chi connectivity index (χ0n) is 36.5. The van der Waals surface area contributed by atoms with Gasteiger partial charge >= 0.3 is 12.2 Å². The van der Waals surface area contributed by atoms with E-state index in [-0.39, 0.29) is 48.0 Å². The number of aromatic amines is 1. The number of amides is 5. The Bertz CT molecular complexity index is 2150. The molecule has 1 unspecified atom stereocenters. The third kappa shape index (κ3) is 13.1. The number of hydrogen-bond acceptors (Lipinski definition) is 10. The maximum absolute atomic E-state index is 13.9. The monoisotopic (exact) mass is 849 g/mol. The van der Waals surface area contributed by atoms with Crippen molar-refractivity contribution in [3.05, 3.63) is 78.4 Å². The molecular formula is C46H59N9O7. The number of aromatic nitrogens is 4. The Morgan fingerprint density at radius 1 is 0.742 bits per heavy atom. The number of alkyl carbamates (subject to hydrolysis) is 1. The van der Waals surface area contributed by atoms with Crippen LogP contribution in [0.25, 0.3) is 22.5 Å². The van der Waals surface area contributed by atoms with Crippen LogP contribution in [0.3, 0.4) is 0 Å². The largest absolute Gasteiger partial charge is 0.444 e. The summed E-state index contributed by atoms with van der Waals surface area (Å²) in [6, 6.07) is 21.5. The van der Waals surface area contributed by atoms with Gasteiger partial charge in [0.25, 0.3) is 0 Å². The van der Waals surface area contributed by atoms with Gasteiger partial charge in [-0.3, -0.25) is 14.4 Å². The summed E-state index contributed by atoms with van der Waals surface area (Å²) in [7, 11) is 0. The van der Waals surface area contributed by atoms with E-state index in [4.69, 9.17) is 9.47 Å². The predicted molar refractivity (Wildman–Crippen MR) is 235 cm³/mol. The minimum atomic E-state index is -0.884. The van der Waals surface area contributed by atoms with E-state index >= 15 is 0 Å². The molecule has 0 radical (unpaired) electrons. The molecule has 5 amide bonds. The van der Waals surface area contributed by atoms with Gasteiger partial charge in [-0.25, -0.2) is 9.59 Å². The van der Waals surface area contributed by atoms with Gasteiger partial charge < -0.3 is 35.6 Å². The number of rotatable bonds is 12. The Labute approximate surface area is 362 Å². The van der Waals surface area contributed by atoms with Crippen molar-refractivity contribution < 1.29 is 33.4 Å². The molecule has 5 N–H and O–H groups in total. The maximum Gasteiger partial charge on any atom is 0.410 e. The van der Waals surface area contributed by atoms with E-state index in [1.54, 1.807) is 29.2 Å². The number of benzene rings is 3. The topological polar surface area (TPSA) is 210 Å². The number of piperidine rings is 1. The molecule has 1 aliphatic heterocycles. The summed E-state index contributed by atoms with van der Waals surface area (Å²) in [6.45, 7) is 12.3. The second-order valence-electron chi connectivity index (χ2n) is 18.1. The number of nitrogens with zero attached hydrogens (tertiary/aromatic N) is 4. The first-order valence-corrected chi connectivity index (χ1v) is 21.4. The smallest absolute Gasteiger partial charge is 0.410 e. The molecule has 1 atom stereocenters. The third-order valence-corrected chi connectivity index (χ3v) is 10.9. The lowest BCUT2D eigenvalue weighted by molar-refractivity contribution is -0.130. The molecule has 16 heteroatoms. The average molecular weight is 850 g/mol. The number of H-pyrrole nitrogens is 1. The summed E-state index contributed by atoms with van der Waals surface area (Å²) in [6.07, 6.45) is 3.27. The highest BCUT2D eigenvalue weighted by Gasteiger charge is 2.32. The molecule has 16 nitrogen and oxygen atoms in total. The molecule has 6 rings (SSSR count). The zero-order valence-corrected chi connectivity index (χ0v) is 36.5. The summed E-state index contributed by atoms with van der Waals surface area (Å²) in [4.78, 5) is 67.6. The van der Waals surface area contributed by atoms with Crippen molar-refractivity contribution in [1.29, 1.82) is 0 Å². The molecule has 0 bridgehead atoms. The molecular weight excluding hydrogens is 791 g/mol. The van der Waals surface area contributed by atoms with E-state index in [1.807, 2.05) is 90.1 Å². The summed E-state index contributed by atoms with van der Waals surface area (Å²) >= 11 is 0. The van der Waals surface area contributed by atoms with Crippen molar-refractivity contribution in [2.24, 2.45) is 17.8 Å². The molecule has 1 aromatic heterocycles. The summed E-state index contributed by atoms with van der Waals surface area (Å²) < 4.78 is 10.9. The fraction of sp³-hybridized carbons (Fsp3) is 0.478. The van der Waals surface area contributed by atoms with E-state index in [0.29, 0.717) is 62.5 Å². The van der Waals surface area contributed by atoms with Gasteiger partial charge in [-0.05, 0) is 133 Å². The fourth-order valence-corrected chi connectivity index (χ4v) is 7.67. The van der Waals surface area contributed by atoms with E-state index in [2.05, 4.69) is 41.9 Å². The summed E-state index contributed by atoms with van der Waals surface area (Å²) in [5.74, 6) is -0.525. The van der Waals surface area contributed by atoms with Crippen LogP contribution in [0.1, 0.15) is 85.6 Å². The van der Waals surface area contributed by atoms with Crippen LogP contribution >= 0.6 is 0 Å². The zero-order chi connectivity index (χ0) is 44.4. The van der Waals surface area contributed by atoms with Crippen LogP contribution in [0.15, 0.2) is 72.8 Å². The summed E-state index contributed by atoms with van der Waals surface area (Å²) in [5.41, 5.74) is 3.30. The van der Waals surface area contributed by atoms with E-state index in [9.17, 15) is 24.0 Å². The molecule has 3 aromatic carbocycles. The molecule has 1 aliphatic carbocycles. The molecule has 1 saturated carbocycles. The Balaban J connectivity index is 1.09. The lowest BCUT2D eigenvalue weighted by atomic mass is 9.81. The van der Waals surface area contributed by atoms with Gasteiger partial charge in [0.1, 0.15) is 17.2 Å². The number of ether oxygens (including phenoxy) is 2. The van der Waals surface area contributed by atoms with Crippen LogP contribution in [-0.4, -0.2) is 92.3 Å². The molecule has 330 valence electrons. The molecule has 4 aromatic rings. The predicted octanol–water partition coefficient (Wildman–Crippen LogP) is 7.12. The highest BCUT2D eigenvalue weighted by molar-refractivity contribution is 5.98. The number of tetrazole rings is 1. The number of hydrogen-bond donors (Lipinski definition) is 5. The number of nitrogens with one attached hydrogen (secondary N) is 5. The lowest BCUT2D eigenvalue weighted by Gasteiger charge is -2.33. The quantitative estimate of drug-likeness (QED) is 0.0975. The van der Waals surface area contributed by atoms with Crippen LogP contribution in [-0.2, 0) is 30.3 Å². The highest BCUT2D eigenvalue weighted by atomic mass is 16.6. The Hall–Kier alpha value is -6.32. The average Bonchev–Trinajstić information content (AvgIpc) is 3.78. The van der Waals surface area contributed by atoms with Gasteiger partial charge in [-0.2, -0.15) is 5.21 Å². The van der Waals surface area contributed by atoms with Gasteiger partial charge in [0.15, 0.2) is 0 Å². The number of likely N-dealkylation sites (tertiary alicyclic amines) is 1. The fourth-order valence-electron chi connectivity index (χ4n) is 7.67.